The van der Waals surface area contributed by atoms with Crippen LogP contribution in [0.5, 0.6) is 0 Å². The van der Waals surface area contributed by atoms with E-state index in [-0.39, 0.29) is 24.6 Å². The van der Waals surface area contributed by atoms with E-state index in [4.69, 9.17) is 0 Å². The number of halogens is 2. The Balaban J connectivity index is 1.50. The third-order valence-corrected chi connectivity index (χ3v) is 6.07. The van der Waals surface area contributed by atoms with Gasteiger partial charge in [0.15, 0.2) is 0 Å². The average molecular weight is 448 g/mol. The summed E-state index contributed by atoms with van der Waals surface area (Å²) < 4.78 is 31.8. The average Bonchev–Trinajstić information content (AvgIpc) is 3.27. The molecule has 168 valence electrons. The predicted octanol–water partition coefficient (Wildman–Crippen LogP) is 4.30. The maximum Gasteiger partial charge on any atom is 0.256 e. The first kappa shape index (κ1) is 21.2. The van der Waals surface area contributed by atoms with Crippen LogP contribution in [0.15, 0.2) is 48.7 Å². The van der Waals surface area contributed by atoms with Gasteiger partial charge in [-0.2, -0.15) is 5.10 Å². The van der Waals surface area contributed by atoms with Crippen LogP contribution in [0.3, 0.4) is 0 Å². The quantitative estimate of drug-likeness (QED) is 0.506. The Morgan fingerprint density at radius 3 is 2.52 bits per heavy atom. The van der Waals surface area contributed by atoms with Crippen LogP contribution in [0.25, 0.3) is 22.2 Å². The molecule has 1 aliphatic heterocycles. The SMILES string of the molecule is Cn1nc(-c2cc(F)c(CN3Cc4ncccc4C3=O)c(F)c2)c2ccc(C(C)(C)O)cc21. The van der Waals surface area contributed by atoms with E-state index in [2.05, 4.69) is 10.1 Å². The number of hydrogen-bond donors (Lipinski definition) is 1. The molecule has 1 N–H and O–H groups in total. The van der Waals surface area contributed by atoms with Crippen LogP contribution in [-0.2, 0) is 25.7 Å². The Morgan fingerprint density at radius 2 is 1.85 bits per heavy atom. The Hall–Kier alpha value is -3.65. The number of fused-ring (bicyclic) bond motifs is 2. The van der Waals surface area contributed by atoms with Crippen molar-refractivity contribution >= 4 is 16.8 Å². The molecule has 0 saturated carbocycles. The van der Waals surface area contributed by atoms with Crippen LogP contribution >= 0.6 is 0 Å². The summed E-state index contributed by atoms with van der Waals surface area (Å²) in [6.45, 7) is 3.40. The van der Waals surface area contributed by atoms with E-state index in [9.17, 15) is 9.90 Å². The van der Waals surface area contributed by atoms with Crippen molar-refractivity contribution < 1.29 is 18.7 Å². The maximum absolute atomic E-state index is 15.1. The van der Waals surface area contributed by atoms with Crippen molar-refractivity contribution in [1.82, 2.24) is 19.7 Å². The standard InChI is InChI=1S/C25H22F2N4O2/c1-25(2,33)15-6-7-17-22(11-15)30(3)29-23(17)14-9-19(26)18(20(27)10-14)12-31-13-21-16(24(31)32)5-4-8-28-21/h4-11,33H,12-13H2,1-3H3. The first-order valence-electron chi connectivity index (χ1n) is 10.5. The van der Waals surface area contributed by atoms with Gasteiger partial charge in [-0.3, -0.25) is 14.5 Å². The molecule has 8 heteroatoms. The maximum atomic E-state index is 15.1. The van der Waals surface area contributed by atoms with Crippen LogP contribution in [0.1, 0.15) is 41.0 Å². The molecule has 1 amide bonds. The minimum absolute atomic E-state index is 0.176. The summed E-state index contributed by atoms with van der Waals surface area (Å²) in [5, 5.41) is 15.5. The summed E-state index contributed by atoms with van der Waals surface area (Å²) in [4.78, 5) is 18.1. The van der Waals surface area contributed by atoms with Crippen molar-refractivity contribution in [2.75, 3.05) is 0 Å². The van der Waals surface area contributed by atoms with Gasteiger partial charge < -0.3 is 10.0 Å². The van der Waals surface area contributed by atoms with E-state index in [1.807, 2.05) is 6.07 Å². The molecule has 3 heterocycles. The second kappa shape index (κ2) is 7.45. The largest absolute Gasteiger partial charge is 0.386 e. The zero-order chi connectivity index (χ0) is 23.5. The van der Waals surface area contributed by atoms with Gasteiger partial charge in [0.25, 0.3) is 5.91 Å². The zero-order valence-corrected chi connectivity index (χ0v) is 18.4. The molecule has 33 heavy (non-hydrogen) atoms. The predicted molar refractivity (Wildman–Crippen MR) is 119 cm³/mol. The lowest BCUT2D eigenvalue weighted by molar-refractivity contribution is 0.0761. The third-order valence-electron chi connectivity index (χ3n) is 6.07. The molecule has 0 atom stereocenters. The number of carbonyl (C=O) groups is 1. The number of amides is 1. The van der Waals surface area contributed by atoms with E-state index in [1.54, 1.807) is 56.0 Å². The van der Waals surface area contributed by atoms with Gasteiger partial charge in [0, 0.05) is 29.8 Å². The zero-order valence-electron chi connectivity index (χ0n) is 18.4. The summed E-state index contributed by atoms with van der Waals surface area (Å²) in [7, 11) is 1.74. The fourth-order valence-electron chi connectivity index (χ4n) is 4.24. The number of rotatable bonds is 4. The first-order chi connectivity index (χ1) is 15.6. The number of benzene rings is 2. The van der Waals surface area contributed by atoms with Crippen LogP contribution in [0.2, 0.25) is 0 Å². The van der Waals surface area contributed by atoms with Gasteiger partial charge in [0.2, 0.25) is 0 Å². The Kier molecular flexibility index (Phi) is 4.79. The monoisotopic (exact) mass is 448 g/mol. The molecule has 2 aromatic heterocycles. The molecule has 0 saturated heterocycles. The number of nitrogens with zero attached hydrogens (tertiary/aromatic N) is 4. The highest BCUT2D eigenvalue weighted by molar-refractivity contribution is 5.97. The van der Waals surface area contributed by atoms with Crippen molar-refractivity contribution in [2.45, 2.75) is 32.5 Å². The molecular formula is C25H22F2N4O2. The molecule has 2 aromatic carbocycles. The summed E-state index contributed by atoms with van der Waals surface area (Å²) in [5.41, 5.74) is 2.04. The third kappa shape index (κ3) is 3.56. The smallest absolute Gasteiger partial charge is 0.256 e. The Bertz CT molecular complexity index is 1400. The minimum atomic E-state index is -1.03. The second-order valence-electron chi connectivity index (χ2n) is 8.84. The molecule has 5 rings (SSSR count). The van der Waals surface area contributed by atoms with Crippen LogP contribution in [0.4, 0.5) is 8.78 Å². The number of aliphatic hydroxyl groups is 1. The number of aromatic nitrogens is 3. The molecule has 0 bridgehead atoms. The lowest BCUT2D eigenvalue weighted by Gasteiger charge is -2.18. The highest BCUT2D eigenvalue weighted by Gasteiger charge is 2.30. The highest BCUT2D eigenvalue weighted by atomic mass is 19.1. The molecule has 6 nitrogen and oxygen atoms in total. The molecule has 0 radical (unpaired) electrons. The molecule has 0 spiro atoms. The fraction of sp³-hybridized carbons (Fsp3) is 0.240. The number of carbonyl (C=O) groups excluding carboxylic acids is 1. The van der Waals surface area contributed by atoms with Crippen molar-refractivity contribution in [1.29, 1.82) is 0 Å². The normalized spacial score (nSPS) is 13.8. The van der Waals surface area contributed by atoms with Crippen molar-refractivity contribution in [3.8, 4) is 11.3 Å². The molecule has 0 aliphatic carbocycles. The Morgan fingerprint density at radius 1 is 1.12 bits per heavy atom. The highest BCUT2D eigenvalue weighted by Crippen LogP contribution is 2.33. The van der Waals surface area contributed by atoms with Gasteiger partial charge in [0.05, 0.1) is 35.5 Å². The van der Waals surface area contributed by atoms with Gasteiger partial charge in [-0.1, -0.05) is 12.1 Å². The minimum Gasteiger partial charge on any atom is -0.386 e. The van der Waals surface area contributed by atoms with Crippen LogP contribution in [-0.4, -0.2) is 30.7 Å². The lowest BCUT2D eigenvalue weighted by atomic mass is 9.96. The van der Waals surface area contributed by atoms with E-state index >= 15 is 8.78 Å². The first-order valence-corrected chi connectivity index (χ1v) is 10.5. The Labute approximate surface area is 189 Å². The van der Waals surface area contributed by atoms with Crippen molar-refractivity contribution in [2.24, 2.45) is 7.05 Å². The summed E-state index contributed by atoms with van der Waals surface area (Å²) >= 11 is 0. The topological polar surface area (TPSA) is 71.2 Å². The van der Waals surface area contributed by atoms with Gasteiger partial charge in [-0.25, -0.2) is 8.78 Å². The molecular weight excluding hydrogens is 426 g/mol. The van der Waals surface area contributed by atoms with Gasteiger partial charge in [-0.15, -0.1) is 0 Å². The molecule has 0 fully saturated rings. The van der Waals surface area contributed by atoms with Crippen LogP contribution < -0.4 is 0 Å². The van der Waals surface area contributed by atoms with E-state index in [0.717, 1.165) is 5.52 Å². The summed E-state index contributed by atoms with van der Waals surface area (Å²) in [6.07, 6.45) is 1.59. The van der Waals surface area contributed by atoms with Crippen LogP contribution in [0, 0.1) is 11.6 Å². The lowest BCUT2D eigenvalue weighted by Crippen LogP contribution is -2.24. The van der Waals surface area contributed by atoms with Gasteiger partial charge >= 0.3 is 0 Å². The van der Waals surface area contributed by atoms with E-state index < -0.39 is 17.2 Å². The van der Waals surface area contributed by atoms with Crippen molar-refractivity contribution in [3.63, 3.8) is 0 Å². The molecule has 1 aliphatic rings. The number of hydrogen-bond acceptors (Lipinski definition) is 4. The van der Waals surface area contributed by atoms with Gasteiger partial charge in [-0.05, 0) is 49.7 Å². The fourth-order valence-corrected chi connectivity index (χ4v) is 4.24. The summed E-state index contributed by atoms with van der Waals surface area (Å²) in [6, 6.07) is 11.2. The van der Waals surface area contributed by atoms with E-state index in [1.165, 1.54) is 17.0 Å². The summed E-state index contributed by atoms with van der Waals surface area (Å²) in [5.74, 6) is -1.78. The van der Waals surface area contributed by atoms with E-state index in [0.29, 0.717) is 33.5 Å². The second-order valence-corrected chi connectivity index (χ2v) is 8.84. The molecule has 0 unspecified atom stereocenters. The van der Waals surface area contributed by atoms with Crippen molar-refractivity contribution in [3.05, 3.63) is 82.7 Å². The van der Waals surface area contributed by atoms with Gasteiger partial charge in [0.1, 0.15) is 17.3 Å². The number of aryl methyl sites for hydroxylation is 1. The molecule has 4 aromatic rings. The number of pyridine rings is 1.